The van der Waals surface area contributed by atoms with E-state index in [1.165, 1.54) is 12.3 Å². The zero-order valence-electron chi connectivity index (χ0n) is 18.8. The van der Waals surface area contributed by atoms with Crippen molar-refractivity contribution in [2.45, 2.75) is 0 Å². The Morgan fingerprint density at radius 2 is 1.50 bits per heavy atom. The SMILES string of the molecule is C=CC(=O)Nc1cccc(Nc2nc(Nc3ccc(/C=C/c4cc(Cl)cc(Cl)c4)cc3)ncc2Cl)c1. The lowest BCUT2D eigenvalue weighted by Crippen LogP contribution is -2.07. The highest BCUT2D eigenvalue weighted by Gasteiger charge is 2.08. The van der Waals surface area contributed by atoms with E-state index in [1.54, 1.807) is 24.3 Å². The van der Waals surface area contributed by atoms with Crippen molar-refractivity contribution in [1.29, 1.82) is 0 Å². The molecule has 6 nitrogen and oxygen atoms in total. The molecule has 4 aromatic rings. The molecular formula is C27H20Cl3N5O. The smallest absolute Gasteiger partial charge is 0.247 e. The number of rotatable bonds is 8. The van der Waals surface area contributed by atoms with Crippen molar-refractivity contribution in [2.75, 3.05) is 16.0 Å². The Morgan fingerprint density at radius 3 is 2.22 bits per heavy atom. The third-order valence-electron chi connectivity index (χ3n) is 4.84. The normalized spacial score (nSPS) is 10.8. The van der Waals surface area contributed by atoms with Crippen molar-refractivity contribution in [1.82, 2.24) is 9.97 Å². The Morgan fingerprint density at radius 1 is 0.806 bits per heavy atom. The molecule has 0 atom stereocenters. The third-order valence-corrected chi connectivity index (χ3v) is 5.56. The second-order valence-electron chi connectivity index (χ2n) is 7.57. The van der Waals surface area contributed by atoms with E-state index in [4.69, 9.17) is 34.8 Å². The number of nitrogens with zero attached hydrogens (tertiary/aromatic N) is 2. The van der Waals surface area contributed by atoms with Crippen LogP contribution in [0.2, 0.25) is 15.1 Å². The lowest BCUT2D eigenvalue weighted by Gasteiger charge is -2.11. The number of benzene rings is 3. The molecule has 1 heterocycles. The molecule has 0 unspecified atom stereocenters. The first-order valence-electron chi connectivity index (χ1n) is 10.7. The number of hydrogen-bond acceptors (Lipinski definition) is 5. The van der Waals surface area contributed by atoms with Gasteiger partial charge in [-0.2, -0.15) is 4.98 Å². The first-order chi connectivity index (χ1) is 17.4. The predicted octanol–water partition coefficient (Wildman–Crippen LogP) is 8.22. The van der Waals surface area contributed by atoms with E-state index in [0.29, 0.717) is 38.2 Å². The van der Waals surface area contributed by atoms with E-state index in [0.717, 1.165) is 16.8 Å². The van der Waals surface area contributed by atoms with Crippen LogP contribution in [0, 0.1) is 0 Å². The summed E-state index contributed by atoms with van der Waals surface area (Å²) in [7, 11) is 0. The lowest BCUT2D eigenvalue weighted by atomic mass is 10.1. The second-order valence-corrected chi connectivity index (χ2v) is 8.85. The van der Waals surface area contributed by atoms with Gasteiger partial charge in [-0.1, -0.05) is 71.7 Å². The quantitative estimate of drug-likeness (QED) is 0.156. The predicted molar refractivity (Wildman–Crippen MR) is 151 cm³/mol. The van der Waals surface area contributed by atoms with E-state index >= 15 is 0 Å². The van der Waals surface area contributed by atoms with Crippen LogP contribution in [0.25, 0.3) is 12.2 Å². The summed E-state index contributed by atoms with van der Waals surface area (Å²) in [5.74, 6) is 0.491. The monoisotopic (exact) mass is 535 g/mol. The standard InChI is InChI=1S/C27H20Cl3N5O/c1-2-25(36)32-22-4-3-5-23(15-22)33-26-24(30)16-31-27(35-26)34-21-10-8-17(9-11-21)6-7-18-12-19(28)14-20(29)13-18/h2-16H,1H2,(H,32,36)(H2,31,33,34,35)/b7-6+. The van der Waals surface area contributed by atoms with Gasteiger partial charge in [-0.15, -0.1) is 0 Å². The Kier molecular flexibility index (Phi) is 8.23. The van der Waals surface area contributed by atoms with Crippen molar-refractivity contribution >= 4 is 81.7 Å². The number of hydrogen-bond donors (Lipinski definition) is 3. The van der Waals surface area contributed by atoms with E-state index in [2.05, 4.69) is 32.5 Å². The lowest BCUT2D eigenvalue weighted by molar-refractivity contribution is -0.111. The van der Waals surface area contributed by atoms with Gasteiger partial charge in [0.15, 0.2) is 5.82 Å². The van der Waals surface area contributed by atoms with Crippen LogP contribution in [0.3, 0.4) is 0 Å². The zero-order valence-corrected chi connectivity index (χ0v) is 21.1. The van der Waals surface area contributed by atoms with E-state index < -0.39 is 0 Å². The molecule has 0 aliphatic rings. The number of carbonyl (C=O) groups is 1. The van der Waals surface area contributed by atoms with Crippen LogP contribution < -0.4 is 16.0 Å². The molecule has 1 amide bonds. The summed E-state index contributed by atoms with van der Waals surface area (Å²) in [6, 6.07) is 20.3. The van der Waals surface area contributed by atoms with Crippen molar-refractivity contribution in [2.24, 2.45) is 0 Å². The van der Waals surface area contributed by atoms with Crippen LogP contribution in [0.4, 0.5) is 28.8 Å². The summed E-state index contributed by atoms with van der Waals surface area (Å²) >= 11 is 18.4. The summed E-state index contributed by atoms with van der Waals surface area (Å²) in [6.45, 7) is 3.45. The molecule has 3 aromatic carbocycles. The van der Waals surface area contributed by atoms with Crippen LogP contribution in [0.5, 0.6) is 0 Å². The van der Waals surface area contributed by atoms with Gasteiger partial charge >= 0.3 is 0 Å². The van der Waals surface area contributed by atoms with Gasteiger partial charge in [-0.05, 0) is 65.7 Å². The molecule has 0 saturated carbocycles. The fourth-order valence-corrected chi connectivity index (χ4v) is 3.87. The zero-order chi connectivity index (χ0) is 25.5. The number of anilines is 5. The van der Waals surface area contributed by atoms with Crippen molar-refractivity contribution in [3.63, 3.8) is 0 Å². The molecule has 9 heteroatoms. The van der Waals surface area contributed by atoms with Gasteiger partial charge in [0.25, 0.3) is 0 Å². The molecule has 0 aliphatic heterocycles. The molecule has 0 bridgehead atoms. The fraction of sp³-hybridized carbons (Fsp3) is 0. The molecule has 0 radical (unpaired) electrons. The molecule has 36 heavy (non-hydrogen) atoms. The third kappa shape index (κ3) is 7.09. The molecule has 0 fully saturated rings. The summed E-state index contributed by atoms with van der Waals surface area (Å²) < 4.78 is 0. The van der Waals surface area contributed by atoms with Gasteiger partial charge in [0.05, 0.1) is 6.20 Å². The van der Waals surface area contributed by atoms with Crippen LogP contribution in [-0.2, 0) is 4.79 Å². The minimum atomic E-state index is -0.297. The Balaban J connectivity index is 1.44. The molecule has 0 aliphatic carbocycles. The number of halogens is 3. The maximum absolute atomic E-state index is 11.6. The van der Waals surface area contributed by atoms with Gasteiger partial charge in [0, 0.05) is 27.1 Å². The largest absolute Gasteiger partial charge is 0.339 e. The number of carbonyl (C=O) groups excluding carboxylic acids is 1. The molecule has 180 valence electrons. The Bertz CT molecular complexity index is 1420. The van der Waals surface area contributed by atoms with Crippen molar-refractivity contribution in [3.8, 4) is 0 Å². The average Bonchev–Trinajstić information content (AvgIpc) is 2.85. The second kappa shape index (κ2) is 11.7. The number of nitrogens with one attached hydrogen (secondary N) is 3. The van der Waals surface area contributed by atoms with E-state index in [1.807, 2.05) is 54.6 Å². The molecule has 0 spiro atoms. The first-order valence-corrected chi connectivity index (χ1v) is 11.9. The fourth-order valence-electron chi connectivity index (χ4n) is 3.19. The van der Waals surface area contributed by atoms with Crippen LogP contribution in [-0.4, -0.2) is 15.9 Å². The highest BCUT2D eigenvalue weighted by Crippen LogP contribution is 2.27. The topological polar surface area (TPSA) is 78.9 Å². The van der Waals surface area contributed by atoms with Crippen LogP contribution in [0.1, 0.15) is 11.1 Å². The van der Waals surface area contributed by atoms with Crippen LogP contribution in [0.15, 0.2) is 85.6 Å². The molecule has 3 N–H and O–H groups in total. The Labute approximate surface area is 223 Å². The van der Waals surface area contributed by atoms with Crippen LogP contribution >= 0.6 is 34.8 Å². The summed E-state index contributed by atoms with van der Waals surface area (Å²) in [5, 5.41) is 10.6. The van der Waals surface area contributed by atoms with Crippen molar-refractivity contribution in [3.05, 3.63) is 112 Å². The average molecular weight is 537 g/mol. The van der Waals surface area contributed by atoms with Crippen molar-refractivity contribution < 1.29 is 4.79 Å². The molecule has 4 rings (SSSR count). The maximum Gasteiger partial charge on any atom is 0.247 e. The van der Waals surface area contributed by atoms with Gasteiger partial charge in [0.1, 0.15) is 5.02 Å². The Hall–Kier alpha value is -3.84. The minimum absolute atomic E-state index is 0.297. The van der Waals surface area contributed by atoms with Gasteiger partial charge in [-0.3, -0.25) is 4.79 Å². The van der Waals surface area contributed by atoms with Gasteiger partial charge in [0.2, 0.25) is 11.9 Å². The van der Waals surface area contributed by atoms with E-state index in [9.17, 15) is 4.79 Å². The highest BCUT2D eigenvalue weighted by atomic mass is 35.5. The maximum atomic E-state index is 11.6. The molecule has 0 saturated heterocycles. The van der Waals surface area contributed by atoms with Gasteiger partial charge < -0.3 is 16.0 Å². The van der Waals surface area contributed by atoms with Gasteiger partial charge in [-0.25, -0.2) is 4.98 Å². The van der Waals surface area contributed by atoms with E-state index in [-0.39, 0.29) is 5.91 Å². The first kappa shape index (κ1) is 25.3. The molecular weight excluding hydrogens is 517 g/mol. The highest BCUT2D eigenvalue weighted by molar-refractivity contribution is 6.35. The summed E-state index contributed by atoms with van der Waals surface area (Å²) in [4.78, 5) is 20.3. The summed E-state index contributed by atoms with van der Waals surface area (Å²) in [6.07, 6.45) is 6.63. The number of aromatic nitrogens is 2. The number of amides is 1. The summed E-state index contributed by atoms with van der Waals surface area (Å²) in [5.41, 5.74) is 4.03. The minimum Gasteiger partial charge on any atom is -0.339 e. The molecule has 1 aromatic heterocycles.